The van der Waals surface area contributed by atoms with Crippen molar-refractivity contribution in [1.82, 2.24) is 0 Å². The van der Waals surface area contributed by atoms with Gasteiger partial charge in [0, 0.05) is 22.8 Å². The van der Waals surface area contributed by atoms with E-state index in [1.54, 1.807) is 0 Å². The highest BCUT2D eigenvalue weighted by atomic mass is 16.3. The molecule has 1 aromatic rings. The summed E-state index contributed by atoms with van der Waals surface area (Å²) < 4.78 is 0. The number of aliphatic hydroxyl groups is 1. The molecule has 2 saturated carbocycles. The third-order valence-electron chi connectivity index (χ3n) is 7.80. The van der Waals surface area contributed by atoms with Crippen LogP contribution in [0.3, 0.4) is 0 Å². The third kappa shape index (κ3) is 2.96. The highest BCUT2D eigenvalue weighted by Crippen LogP contribution is 2.64. The summed E-state index contributed by atoms with van der Waals surface area (Å²) in [5.74, 6) is 8.25. The molecule has 1 aromatic carbocycles. The number of hydrogen-bond donors (Lipinski definition) is 2. The van der Waals surface area contributed by atoms with Crippen molar-refractivity contribution in [3.05, 3.63) is 39.8 Å². The largest absolute Gasteiger partial charge is 0.508 e. The Morgan fingerprint density at radius 2 is 2.14 bits per heavy atom. The van der Waals surface area contributed by atoms with Gasteiger partial charge >= 0.3 is 0 Å². The molecule has 28 heavy (non-hydrogen) atoms. The van der Waals surface area contributed by atoms with Gasteiger partial charge in [0.1, 0.15) is 11.4 Å². The van der Waals surface area contributed by atoms with E-state index in [4.69, 9.17) is 5.53 Å². The van der Waals surface area contributed by atoms with E-state index in [0.29, 0.717) is 29.9 Å². The summed E-state index contributed by atoms with van der Waals surface area (Å²) in [6, 6.07) is 5.69. The van der Waals surface area contributed by atoms with Gasteiger partial charge in [0.15, 0.2) is 0 Å². The number of nitrogens with zero attached hydrogens (tertiary/aromatic N) is 3. The van der Waals surface area contributed by atoms with Crippen LogP contribution in [-0.2, 0) is 6.42 Å². The first-order valence-electron chi connectivity index (χ1n) is 10.5. The van der Waals surface area contributed by atoms with Crippen molar-refractivity contribution < 1.29 is 10.2 Å². The van der Waals surface area contributed by atoms with Crippen molar-refractivity contribution in [2.45, 2.75) is 76.4 Å². The van der Waals surface area contributed by atoms with E-state index >= 15 is 0 Å². The van der Waals surface area contributed by atoms with E-state index in [9.17, 15) is 10.2 Å². The highest BCUT2D eigenvalue weighted by molar-refractivity contribution is 5.40. The molecule has 0 aromatic heterocycles. The molecule has 0 aliphatic heterocycles. The average molecular weight is 380 g/mol. The van der Waals surface area contributed by atoms with Crippen molar-refractivity contribution in [2.75, 3.05) is 0 Å². The Labute approximate surface area is 166 Å². The Kier molecular flexibility index (Phi) is 4.81. The zero-order valence-electron chi connectivity index (χ0n) is 16.7. The quantitative estimate of drug-likeness (QED) is 0.325. The summed E-state index contributed by atoms with van der Waals surface area (Å²) in [5, 5.41) is 25.0. The van der Waals surface area contributed by atoms with E-state index in [0.717, 1.165) is 38.5 Å². The van der Waals surface area contributed by atoms with Crippen LogP contribution in [0.25, 0.3) is 10.4 Å². The third-order valence-corrected chi connectivity index (χ3v) is 7.80. The molecule has 0 radical (unpaired) electrons. The van der Waals surface area contributed by atoms with Gasteiger partial charge in [-0.1, -0.05) is 36.9 Å². The zero-order valence-corrected chi connectivity index (χ0v) is 16.7. The first-order chi connectivity index (χ1) is 13.4. The smallest absolute Gasteiger partial charge is 0.131 e. The lowest BCUT2D eigenvalue weighted by molar-refractivity contribution is -0.0648. The Morgan fingerprint density at radius 1 is 1.32 bits per heavy atom. The minimum atomic E-state index is -0.950. The number of fused-ring (bicyclic) bond motifs is 5. The lowest BCUT2D eigenvalue weighted by Crippen LogP contribution is -2.50. The molecule has 4 rings (SSSR count). The fourth-order valence-corrected chi connectivity index (χ4v) is 6.26. The Morgan fingerprint density at radius 3 is 2.93 bits per heavy atom. The summed E-state index contributed by atoms with van der Waals surface area (Å²) in [6.45, 7) is 4.08. The lowest BCUT2D eigenvalue weighted by atomic mass is 9.53. The maximum absolute atomic E-state index is 11.5. The molecule has 148 valence electrons. The minimum Gasteiger partial charge on any atom is -0.508 e. The van der Waals surface area contributed by atoms with Crippen LogP contribution in [0.4, 0.5) is 0 Å². The molecular formula is C23H29N3O2. The van der Waals surface area contributed by atoms with E-state index in [1.165, 1.54) is 11.1 Å². The van der Waals surface area contributed by atoms with Crippen molar-refractivity contribution in [1.29, 1.82) is 0 Å². The van der Waals surface area contributed by atoms with Crippen LogP contribution in [0, 0.1) is 29.1 Å². The number of aromatic hydroxyl groups is 1. The van der Waals surface area contributed by atoms with Crippen LogP contribution in [0.2, 0.25) is 0 Å². The second-order valence-corrected chi connectivity index (χ2v) is 9.21. The highest BCUT2D eigenvalue weighted by Gasteiger charge is 2.61. The number of benzene rings is 1. The summed E-state index contributed by atoms with van der Waals surface area (Å²) >= 11 is 0. The predicted octanol–water partition coefficient (Wildman–Crippen LogP) is 5.07. The average Bonchev–Trinajstić information content (AvgIpc) is 2.93. The molecule has 0 bridgehead atoms. The van der Waals surface area contributed by atoms with Crippen LogP contribution in [0.5, 0.6) is 5.75 Å². The van der Waals surface area contributed by atoms with E-state index in [2.05, 4.69) is 34.9 Å². The molecule has 3 aliphatic rings. The number of rotatable bonds is 2. The van der Waals surface area contributed by atoms with Crippen LogP contribution in [-0.4, -0.2) is 21.9 Å². The fourth-order valence-electron chi connectivity index (χ4n) is 6.26. The molecule has 1 unspecified atom stereocenters. The summed E-state index contributed by atoms with van der Waals surface area (Å²) in [7, 11) is 0. The van der Waals surface area contributed by atoms with Crippen LogP contribution in [0.15, 0.2) is 23.3 Å². The fraction of sp³-hybridized carbons (Fsp3) is 0.652. The molecule has 2 fully saturated rings. The lowest BCUT2D eigenvalue weighted by Gasteiger charge is -2.52. The number of hydrogen-bond acceptors (Lipinski definition) is 3. The van der Waals surface area contributed by atoms with Crippen molar-refractivity contribution in [2.24, 2.45) is 22.4 Å². The Hall–Kier alpha value is -2.15. The van der Waals surface area contributed by atoms with Crippen molar-refractivity contribution in [3.63, 3.8) is 0 Å². The monoisotopic (exact) mass is 379 g/mol. The maximum atomic E-state index is 11.5. The number of phenolic OH excluding ortho intramolecular Hbond substituents is 1. The zero-order chi connectivity index (χ0) is 19.9. The molecular weight excluding hydrogens is 350 g/mol. The second kappa shape index (κ2) is 7.03. The molecule has 5 nitrogen and oxygen atoms in total. The van der Waals surface area contributed by atoms with E-state index in [1.807, 2.05) is 19.1 Å². The first kappa shape index (κ1) is 19.2. The van der Waals surface area contributed by atoms with Crippen LogP contribution < -0.4 is 0 Å². The van der Waals surface area contributed by atoms with E-state index in [-0.39, 0.29) is 11.5 Å². The number of phenols is 1. The molecule has 0 saturated heterocycles. The van der Waals surface area contributed by atoms with Gasteiger partial charge in [0.25, 0.3) is 0 Å². The van der Waals surface area contributed by atoms with Gasteiger partial charge in [-0.15, -0.1) is 0 Å². The Bertz CT molecular complexity index is 882. The van der Waals surface area contributed by atoms with Crippen molar-refractivity contribution >= 4 is 0 Å². The van der Waals surface area contributed by atoms with Gasteiger partial charge in [0.05, 0.1) is 0 Å². The predicted molar refractivity (Wildman–Crippen MR) is 109 cm³/mol. The summed E-state index contributed by atoms with van der Waals surface area (Å²) in [4.78, 5) is 2.83. The first-order valence-corrected chi connectivity index (χ1v) is 10.5. The van der Waals surface area contributed by atoms with Crippen LogP contribution >= 0.6 is 0 Å². The van der Waals surface area contributed by atoms with Crippen molar-refractivity contribution in [3.8, 4) is 17.6 Å². The number of azide groups is 1. The van der Waals surface area contributed by atoms with E-state index < -0.39 is 5.60 Å². The second-order valence-electron chi connectivity index (χ2n) is 9.21. The minimum absolute atomic E-state index is 0.173. The summed E-state index contributed by atoms with van der Waals surface area (Å²) in [6.07, 6.45) is 6.38. The van der Waals surface area contributed by atoms with Gasteiger partial charge in [0.2, 0.25) is 0 Å². The van der Waals surface area contributed by atoms with Gasteiger partial charge < -0.3 is 10.2 Å². The SMILES string of the molecule is CC(CC#C[C@]1(O)CC[C@H]2[C@@H]3CCc4cc(O)ccc4[C@H]3CC[C@@]21C)N=[N+]=[N-]. The Balaban J connectivity index is 1.58. The molecule has 0 heterocycles. The molecule has 0 spiro atoms. The topological polar surface area (TPSA) is 89.2 Å². The molecule has 6 atom stereocenters. The van der Waals surface area contributed by atoms with Crippen LogP contribution in [0.1, 0.15) is 69.4 Å². The van der Waals surface area contributed by atoms with Gasteiger partial charge in [-0.05, 0) is 85.1 Å². The standard InChI is InChI=1S/C23H29N3O2/c1-15(25-26-24)4-3-11-23(28)13-10-21-20-7-5-16-14-17(27)6-8-18(16)19(20)9-12-22(21,23)2/h6,8,14-15,19-21,27-28H,4-5,7,9-10,12-13H2,1-2H3/t15?,19-,20-,21+,22+,23+/m1/s1. The summed E-state index contributed by atoms with van der Waals surface area (Å²) in [5.41, 5.74) is 10.1. The number of aryl methyl sites for hydroxylation is 1. The normalized spacial score (nSPS) is 36.8. The molecule has 5 heteroatoms. The molecule has 0 amide bonds. The molecule has 3 aliphatic carbocycles. The molecule has 2 N–H and O–H groups in total. The van der Waals surface area contributed by atoms with Gasteiger partial charge in [-0.2, -0.15) is 0 Å². The van der Waals surface area contributed by atoms with Gasteiger partial charge in [-0.25, -0.2) is 0 Å². The maximum Gasteiger partial charge on any atom is 0.131 e. The van der Waals surface area contributed by atoms with Gasteiger partial charge in [-0.3, -0.25) is 0 Å².